The van der Waals surface area contributed by atoms with Crippen molar-refractivity contribution in [2.75, 3.05) is 6.61 Å². The van der Waals surface area contributed by atoms with Gasteiger partial charge < -0.3 is 5.11 Å². The lowest BCUT2D eigenvalue weighted by Crippen LogP contribution is -1.98. The molecule has 1 aromatic rings. The van der Waals surface area contributed by atoms with Gasteiger partial charge in [0.1, 0.15) is 0 Å². The molecule has 0 aliphatic heterocycles. The average molecular weight is 253 g/mol. The molecule has 1 rings (SSSR count). The standard InChI is InChI=1S/C14H27N3O/c1-2-3-4-5-6-7-8-11-17-13-14(15-16-17)10-9-12-18/h13,18H,2-12H2,1H3. The summed E-state index contributed by atoms with van der Waals surface area (Å²) >= 11 is 0. The van der Waals surface area contributed by atoms with E-state index >= 15 is 0 Å². The Labute approximate surface area is 110 Å². The quantitative estimate of drug-likeness (QED) is 0.617. The summed E-state index contributed by atoms with van der Waals surface area (Å²) in [6, 6.07) is 0. The van der Waals surface area contributed by atoms with E-state index in [4.69, 9.17) is 5.11 Å². The molecule has 1 aromatic heterocycles. The summed E-state index contributed by atoms with van der Waals surface area (Å²) < 4.78 is 1.93. The highest BCUT2D eigenvalue weighted by molar-refractivity contribution is 4.91. The number of hydrogen-bond acceptors (Lipinski definition) is 3. The number of unbranched alkanes of at least 4 members (excludes halogenated alkanes) is 6. The van der Waals surface area contributed by atoms with Crippen LogP contribution in [0.2, 0.25) is 0 Å². The van der Waals surface area contributed by atoms with Crippen LogP contribution in [0, 0.1) is 0 Å². The minimum Gasteiger partial charge on any atom is -0.396 e. The normalized spacial score (nSPS) is 11.0. The first-order chi connectivity index (χ1) is 8.86. The molecule has 0 bridgehead atoms. The van der Waals surface area contributed by atoms with Crippen LogP contribution in [0.5, 0.6) is 0 Å². The summed E-state index contributed by atoms with van der Waals surface area (Å²) in [4.78, 5) is 0. The first kappa shape index (κ1) is 15.2. The molecular weight excluding hydrogens is 226 g/mol. The van der Waals surface area contributed by atoms with Crippen molar-refractivity contribution in [3.8, 4) is 0 Å². The summed E-state index contributed by atoms with van der Waals surface area (Å²) in [7, 11) is 0. The number of aliphatic hydroxyl groups excluding tert-OH is 1. The van der Waals surface area contributed by atoms with Crippen LogP contribution >= 0.6 is 0 Å². The number of rotatable bonds is 11. The molecule has 0 fully saturated rings. The van der Waals surface area contributed by atoms with E-state index in [2.05, 4.69) is 17.2 Å². The number of aromatic nitrogens is 3. The van der Waals surface area contributed by atoms with Crippen LogP contribution in [-0.4, -0.2) is 26.7 Å². The molecule has 0 saturated heterocycles. The zero-order chi connectivity index (χ0) is 13.1. The maximum atomic E-state index is 8.74. The van der Waals surface area contributed by atoms with Gasteiger partial charge in [0, 0.05) is 19.3 Å². The van der Waals surface area contributed by atoms with Crippen molar-refractivity contribution in [3.63, 3.8) is 0 Å². The number of hydrogen-bond donors (Lipinski definition) is 1. The molecule has 104 valence electrons. The summed E-state index contributed by atoms with van der Waals surface area (Å²) in [5.74, 6) is 0. The topological polar surface area (TPSA) is 50.9 Å². The van der Waals surface area contributed by atoms with Crippen molar-refractivity contribution in [3.05, 3.63) is 11.9 Å². The molecule has 4 heteroatoms. The molecule has 1 heterocycles. The van der Waals surface area contributed by atoms with Gasteiger partial charge in [-0.2, -0.15) is 0 Å². The highest BCUT2D eigenvalue weighted by Crippen LogP contribution is 2.07. The van der Waals surface area contributed by atoms with Gasteiger partial charge in [0.15, 0.2) is 0 Å². The lowest BCUT2D eigenvalue weighted by atomic mass is 10.1. The molecule has 0 aliphatic rings. The van der Waals surface area contributed by atoms with E-state index < -0.39 is 0 Å². The van der Waals surface area contributed by atoms with Crippen LogP contribution in [0.25, 0.3) is 0 Å². The van der Waals surface area contributed by atoms with Gasteiger partial charge in [-0.3, -0.25) is 4.68 Å². The SMILES string of the molecule is CCCCCCCCCn1cc(CCCO)nn1. The Morgan fingerprint density at radius 1 is 1.06 bits per heavy atom. The molecule has 0 atom stereocenters. The minimum atomic E-state index is 0.227. The minimum absolute atomic E-state index is 0.227. The van der Waals surface area contributed by atoms with Gasteiger partial charge in [0.2, 0.25) is 0 Å². The zero-order valence-corrected chi connectivity index (χ0v) is 11.6. The lowest BCUT2D eigenvalue weighted by Gasteiger charge is -2.01. The summed E-state index contributed by atoms with van der Waals surface area (Å²) in [5, 5.41) is 16.9. The Hall–Kier alpha value is -0.900. The first-order valence-electron chi connectivity index (χ1n) is 7.36. The van der Waals surface area contributed by atoms with Gasteiger partial charge in [-0.15, -0.1) is 5.10 Å². The largest absolute Gasteiger partial charge is 0.396 e. The Balaban J connectivity index is 2.03. The maximum absolute atomic E-state index is 8.74. The van der Waals surface area contributed by atoms with Crippen molar-refractivity contribution in [1.82, 2.24) is 15.0 Å². The predicted molar refractivity (Wildman–Crippen MR) is 73.4 cm³/mol. The molecular formula is C14H27N3O. The molecule has 4 nitrogen and oxygen atoms in total. The number of aryl methyl sites for hydroxylation is 2. The third-order valence-corrected chi connectivity index (χ3v) is 3.17. The highest BCUT2D eigenvalue weighted by Gasteiger charge is 2.00. The van der Waals surface area contributed by atoms with Crippen LogP contribution in [0.15, 0.2) is 6.20 Å². The fourth-order valence-corrected chi connectivity index (χ4v) is 2.05. The van der Waals surface area contributed by atoms with Crippen molar-refractivity contribution < 1.29 is 5.11 Å². The predicted octanol–water partition coefficient (Wildman–Crippen LogP) is 2.95. The summed E-state index contributed by atoms with van der Waals surface area (Å²) in [6.45, 7) is 3.45. The molecule has 0 aromatic carbocycles. The Morgan fingerprint density at radius 2 is 1.78 bits per heavy atom. The average Bonchev–Trinajstić information content (AvgIpc) is 2.83. The maximum Gasteiger partial charge on any atom is 0.0828 e. The van der Waals surface area contributed by atoms with Crippen molar-refractivity contribution in [1.29, 1.82) is 0 Å². The van der Waals surface area contributed by atoms with Crippen LogP contribution < -0.4 is 0 Å². The molecule has 0 amide bonds. The van der Waals surface area contributed by atoms with Crippen LogP contribution in [0.1, 0.15) is 64.0 Å². The molecule has 0 radical (unpaired) electrons. The number of nitrogens with zero attached hydrogens (tertiary/aromatic N) is 3. The van der Waals surface area contributed by atoms with E-state index in [0.717, 1.165) is 25.1 Å². The number of aliphatic hydroxyl groups is 1. The van der Waals surface area contributed by atoms with Gasteiger partial charge in [0.25, 0.3) is 0 Å². The van der Waals surface area contributed by atoms with Gasteiger partial charge in [-0.1, -0.05) is 50.7 Å². The third-order valence-electron chi connectivity index (χ3n) is 3.17. The van der Waals surface area contributed by atoms with Crippen molar-refractivity contribution in [2.45, 2.75) is 71.3 Å². The Kier molecular flexibility index (Phi) is 8.47. The fourth-order valence-electron chi connectivity index (χ4n) is 2.05. The highest BCUT2D eigenvalue weighted by atomic mass is 16.2. The fraction of sp³-hybridized carbons (Fsp3) is 0.857. The summed E-state index contributed by atoms with van der Waals surface area (Å²) in [5.41, 5.74) is 0.993. The second kappa shape index (κ2) is 10.1. The Morgan fingerprint density at radius 3 is 2.50 bits per heavy atom. The second-order valence-electron chi connectivity index (χ2n) is 4.92. The van der Waals surface area contributed by atoms with E-state index in [1.54, 1.807) is 0 Å². The third kappa shape index (κ3) is 6.74. The first-order valence-corrected chi connectivity index (χ1v) is 7.36. The monoisotopic (exact) mass is 253 g/mol. The van der Waals surface area contributed by atoms with Gasteiger partial charge in [-0.25, -0.2) is 0 Å². The van der Waals surface area contributed by atoms with E-state index in [0.29, 0.717) is 0 Å². The van der Waals surface area contributed by atoms with Gasteiger partial charge in [-0.05, 0) is 19.3 Å². The second-order valence-corrected chi connectivity index (χ2v) is 4.92. The molecule has 1 N–H and O–H groups in total. The van der Waals surface area contributed by atoms with E-state index in [-0.39, 0.29) is 6.61 Å². The molecule has 18 heavy (non-hydrogen) atoms. The lowest BCUT2D eigenvalue weighted by molar-refractivity contribution is 0.288. The molecule has 0 saturated carbocycles. The molecule has 0 unspecified atom stereocenters. The van der Waals surface area contributed by atoms with Crippen LogP contribution in [0.3, 0.4) is 0 Å². The zero-order valence-electron chi connectivity index (χ0n) is 11.6. The molecule has 0 spiro atoms. The van der Waals surface area contributed by atoms with Crippen molar-refractivity contribution >= 4 is 0 Å². The van der Waals surface area contributed by atoms with E-state index in [1.165, 1.54) is 44.9 Å². The van der Waals surface area contributed by atoms with Gasteiger partial charge >= 0.3 is 0 Å². The smallest absolute Gasteiger partial charge is 0.0828 e. The van der Waals surface area contributed by atoms with Gasteiger partial charge in [0.05, 0.1) is 5.69 Å². The van der Waals surface area contributed by atoms with Crippen LogP contribution in [-0.2, 0) is 13.0 Å². The summed E-state index contributed by atoms with van der Waals surface area (Å²) in [6.07, 6.45) is 12.9. The molecule has 0 aliphatic carbocycles. The van der Waals surface area contributed by atoms with E-state index in [9.17, 15) is 0 Å². The van der Waals surface area contributed by atoms with E-state index in [1.807, 2.05) is 10.9 Å². The van der Waals surface area contributed by atoms with Crippen molar-refractivity contribution in [2.24, 2.45) is 0 Å². The van der Waals surface area contributed by atoms with Crippen LogP contribution in [0.4, 0.5) is 0 Å². The Bertz CT molecular complexity index is 299.